The molecule has 0 aliphatic rings. The normalized spacial score (nSPS) is 8.92. The summed E-state index contributed by atoms with van der Waals surface area (Å²) in [5.41, 5.74) is 1.98. The van der Waals surface area contributed by atoms with Crippen LogP contribution in [0.4, 0.5) is 0 Å². The van der Waals surface area contributed by atoms with Crippen LogP contribution in [0.2, 0.25) is 0 Å². The maximum Gasteiger partial charge on any atom is 0.213 e. The van der Waals surface area contributed by atoms with E-state index < -0.39 is 0 Å². The number of aryl methyl sites for hydroxylation is 1. The molecule has 0 radical (unpaired) electrons. The van der Waals surface area contributed by atoms with E-state index in [2.05, 4.69) is 4.98 Å². The van der Waals surface area contributed by atoms with Gasteiger partial charge in [0.25, 0.3) is 0 Å². The van der Waals surface area contributed by atoms with Gasteiger partial charge in [0, 0.05) is 17.6 Å². The smallest absolute Gasteiger partial charge is 0.213 e. The third-order valence-corrected chi connectivity index (χ3v) is 1.81. The number of hydrogen-bond acceptors (Lipinski definition) is 2. The second-order valence-electron chi connectivity index (χ2n) is 2.23. The summed E-state index contributed by atoms with van der Waals surface area (Å²) >= 11 is 5.65. The first-order valence-corrected chi connectivity index (χ1v) is 3.88. The van der Waals surface area contributed by atoms with Gasteiger partial charge in [0.1, 0.15) is 0 Å². The molecule has 0 saturated carbocycles. The highest BCUT2D eigenvalue weighted by Crippen LogP contribution is 2.13. The molecule has 0 amide bonds. The number of ether oxygens (including phenoxy) is 1. The van der Waals surface area contributed by atoms with Crippen molar-refractivity contribution >= 4 is 24.0 Å². The van der Waals surface area contributed by atoms with Crippen molar-refractivity contribution in [2.45, 2.75) is 12.8 Å². The van der Waals surface area contributed by atoms with Gasteiger partial charge in [0.05, 0.1) is 7.11 Å². The molecule has 2 nitrogen and oxygen atoms in total. The summed E-state index contributed by atoms with van der Waals surface area (Å²) in [6.07, 6.45) is 0. The van der Waals surface area contributed by atoms with Crippen molar-refractivity contribution < 1.29 is 4.74 Å². The Morgan fingerprint density at radius 3 is 2.58 bits per heavy atom. The predicted octanol–water partition coefficient (Wildman–Crippen LogP) is 2.56. The summed E-state index contributed by atoms with van der Waals surface area (Å²) in [5, 5.41) is 0. The fourth-order valence-electron chi connectivity index (χ4n) is 0.822. The molecular formula is C8H11Cl2NO. The van der Waals surface area contributed by atoms with Crippen molar-refractivity contribution in [3.63, 3.8) is 0 Å². The van der Waals surface area contributed by atoms with Gasteiger partial charge in [-0.2, -0.15) is 0 Å². The van der Waals surface area contributed by atoms with Gasteiger partial charge in [-0.05, 0) is 12.5 Å². The molecule has 0 aromatic carbocycles. The molecule has 1 aromatic heterocycles. The summed E-state index contributed by atoms with van der Waals surface area (Å²) in [6.45, 7) is 1.92. The summed E-state index contributed by atoms with van der Waals surface area (Å²) in [6, 6.07) is 3.74. The highest BCUT2D eigenvalue weighted by Gasteiger charge is 1.98. The first-order valence-electron chi connectivity index (χ1n) is 3.34. The van der Waals surface area contributed by atoms with E-state index in [0.717, 1.165) is 11.3 Å². The number of halogens is 2. The van der Waals surface area contributed by atoms with E-state index in [1.165, 1.54) is 0 Å². The van der Waals surface area contributed by atoms with Crippen LogP contribution in [0.25, 0.3) is 0 Å². The summed E-state index contributed by atoms with van der Waals surface area (Å²) in [5.74, 6) is 1.14. The molecule has 0 atom stereocenters. The first-order chi connectivity index (χ1) is 5.27. The maximum absolute atomic E-state index is 5.65. The zero-order valence-corrected chi connectivity index (χ0v) is 8.58. The molecule has 0 aliphatic heterocycles. The Bertz CT molecular complexity index is 253. The van der Waals surface area contributed by atoms with Crippen LogP contribution in [0.15, 0.2) is 12.1 Å². The van der Waals surface area contributed by atoms with Crippen molar-refractivity contribution in [3.8, 4) is 5.88 Å². The van der Waals surface area contributed by atoms with Crippen LogP contribution in [0.3, 0.4) is 0 Å². The molecule has 1 rings (SSSR count). The Balaban J connectivity index is 0.00000121. The second kappa shape index (κ2) is 5.22. The topological polar surface area (TPSA) is 22.1 Å². The van der Waals surface area contributed by atoms with Crippen molar-refractivity contribution in [1.29, 1.82) is 0 Å². The zero-order valence-electron chi connectivity index (χ0n) is 7.00. The molecule has 0 N–H and O–H groups in total. The van der Waals surface area contributed by atoms with Crippen LogP contribution < -0.4 is 4.74 Å². The highest BCUT2D eigenvalue weighted by molar-refractivity contribution is 6.17. The minimum absolute atomic E-state index is 0. The van der Waals surface area contributed by atoms with Gasteiger partial charge >= 0.3 is 0 Å². The molecule has 0 spiro atoms. The number of pyridine rings is 1. The van der Waals surface area contributed by atoms with Gasteiger partial charge in [-0.25, -0.2) is 4.98 Å². The number of alkyl halides is 1. The zero-order chi connectivity index (χ0) is 8.27. The lowest BCUT2D eigenvalue weighted by molar-refractivity contribution is 0.396. The van der Waals surface area contributed by atoms with Crippen LogP contribution in [-0.4, -0.2) is 12.1 Å². The molecule has 0 fully saturated rings. The number of methoxy groups -OCH3 is 1. The lowest BCUT2D eigenvalue weighted by Gasteiger charge is -2.02. The number of aromatic nitrogens is 1. The van der Waals surface area contributed by atoms with Crippen LogP contribution in [0.1, 0.15) is 11.3 Å². The molecule has 0 aliphatic carbocycles. The molecule has 68 valence electrons. The predicted molar refractivity (Wildman–Crippen MR) is 52.3 cm³/mol. The van der Waals surface area contributed by atoms with Gasteiger partial charge in [-0.3, -0.25) is 0 Å². The van der Waals surface area contributed by atoms with E-state index in [0.29, 0.717) is 11.8 Å². The fraction of sp³-hybridized carbons (Fsp3) is 0.375. The van der Waals surface area contributed by atoms with Gasteiger partial charge in [0.15, 0.2) is 0 Å². The molecular weight excluding hydrogens is 197 g/mol. The van der Waals surface area contributed by atoms with Crippen molar-refractivity contribution in [2.75, 3.05) is 7.11 Å². The highest BCUT2D eigenvalue weighted by atomic mass is 35.5. The second-order valence-corrected chi connectivity index (χ2v) is 2.50. The van der Waals surface area contributed by atoms with Crippen LogP contribution in [0.5, 0.6) is 5.88 Å². The maximum atomic E-state index is 5.65. The molecule has 1 heterocycles. The Hall–Kier alpha value is -0.470. The van der Waals surface area contributed by atoms with E-state index in [1.807, 2.05) is 19.1 Å². The van der Waals surface area contributed by atoms with Crippen molar-refractivity contribution in [3.05, 3.63) is 23.4 Å². The lowest BCUT2D eigenvalue weighted by Crippen LogP contribution is -1.93. The molecule has 12 heavy (non-hydrogen) atoms. The van der Waals surface area contributed by atoms with Crippen LogP contribution in [0, 0.1) is 6.92 Å². The summed E-state index contributed by atoms with van der Waals surface area (Å²) in [4.78, 5) is 4.16. The third-order valence-electron chi connectivity index (χ3n) is 1.52. The SMILES string of the molecule is COc1ccc(CCl)c(C)n1.Cl. The largest absolute Gasteiger partial charge is 0.481 e. The van der Waals surface area contributed by atoms with Gasteiger partial charge in [-0.15, -0.1) is 24.0 Å². The standard InChI is InChI=1S/C8H10ClNO.ClH/c1-6-7(5-9)3-4-8(10-6)11-2;/h3-4H,5H2,1-2H3;1H. The molecule has 1 aromatic rings. The van der Waals surface area contributed by atoms with Crippen LogP contribution in [-0.2, 0) is 5.88 Å². The number of hydrogen-bond donors (Lipinski definition) is 0. The Kier molecular flexibility index (Phi) is 5.02. The van der Waals surface area contributed by atoms with E-state index in [4.69, 9.17) is 16.3 Å². The Morgan fingerprint density at radius 2 is 2.17 bits per heavy atom. The number of nitrogens with zero attached hydrogens (tertiary/aromatic N) is 1. The van der Waals surface area contributed by atoms with Gasteiger partial charge < -0.3 is 4.74 Å². The minimum Gasteiger partial charge on any atom is -0.481 e. The molecule has 4 heteroatoms. The van der Waals surface area contributed by atoms with E-state index in [-0.39, 0.29) is 12.4 Å². The van der Waals surface area contributed by atoms with Gasteiger partial charge in [0.2, 0.25) is 5.88 Å². The van der Waals surface area contributed by atoms with E-state index >= 15 is 0 Å². The van der Waals surface area contributed by atoms with Crippen molar-refractivity contribution in [1.82, 2.24) is 4.98 Å². The quantitative estimate of drug-likeness (QED) is 0.696. The monoisotopic (exact) mass is 207 g/mol. The third kappa shape index (κ3) is 2.54. The van der Waals surface area contributed by atoms with E-state index in [1.54, 1.807) is 7.11 Å². The average molecular weight is 208 g/mol. The first kappa shape index (κ1) is 11.5. The van der Waals surface area contributed by atoms with Crippen LogP contribution >= 0.6 is 24.0 Å². The Labute approximate surface area is 83.3 Å². The lowest BCUT2D eigenvalue weighted by atomic mass is 10.2. The van der Waals surface area contributed by atoms with Crippen molar-refractivity contribution in [2.24, 2.45) is 0 Å². The Morgan fingerprint density at radius 1 is 1.50 bits per heavy atom. The molecule has 0 saturated heterocycles. The summed E-state index contributed by atoms with van der Waals surface area (Å²) in [7, 11) is 1.60. The summed E-state index contributed by atoms with van der Waals surface area (Å²) < 4.78 is 4.94. The van der Waals surface area contributed by atoms with E-state index in [9.17, 15) is 0 Å². The minimum atomic E-state index is 0. The molecule has 0 unspecified atom stereocenters. The number of rotatable bonds is 2. The molecule has 0 bridgehead atoms. The fourth-order valence-corrected chi connectivity index (χ4v) is 1.10. The average Bonchev–Trinajstić information content (AvgIpc) is 2.04. The van der Waals surface area contributed by atoms with Gasteiger partial charge in [-0.1, -0.05) is 6.07 Å².